The predicted octanol–water partition coefficient (Wildman–Crippen LogP) is 2.42. The molecule has 6 nitrogen and oxygen atoms in total. The highest BCUT2D eigenvalue weighted by atomic mass is 16.5. The van der Waals surface area contributed by atoms with Crippen molar-refractivity contribution in [3.8, 4) is 11.5 Å². The van der Waals surface area contributed by atoms with Crippen LogP contribution in [0, 0.1) is 5.92 Å². The number of benzene rings is 1. The monoisotopic (exact) mass is 335 g/mol. The van der Waals surface area contributed by atoms with Crippen molar-refractivity contribution in [1.29, 1.82) is 0 Å². The molecule has 1 atom stereocenters. The number of carbonyl (C=O) groups excluding carboxylic acids is 2. The quantitative estimate of drug-likeness (QED) is 0.583. The Balaban J connectivity index is 2.59. The van der Waals surface area contributed by atoms with Crippen LogP contribution in [0.15, 0.2) is 24.3 Å². The molecule has 1 amide bonds. The summed E-state index contributed by atoms with van der Waals surface area (Å²) < 4.78 is 15.4. The van der Waals surface area contributed by atoms with Crippen LogP contribution in [0.2, 0.25) is 0 Å². The molecule has 0 fully saturated rings. The fourth-order valence-electron chi connectivity index (χ4n) is 1.85. The maximum atomic E-state index is 11.7. The molecule has 1 aromatic rings. The smallest absolute Gasteiger partial charge is 0.331 e. The Kier molecular flexibility index (Phi) is 7.82. The lowest BCUT2D eigenvalue weighted by molar-refractivity contribution is -0.144. The molecule has 1 N–H and O–H groups in total. The van der Waals surface area contributed by atoms with Crippen LogP contribution in [-0.2, 0) is 14.3 Å². The van der Waals surface area contributed by atoms with Crippen LogP contribution in [0.25, 0.3) is 6.08 Å². The molecule has 0 saturated heterocycles. The van der Waals surface area contributed by atoms with Crippen molar-refractivity contribution in [2.45, 2.75) is 26.8 Å². The molecule has 0 heterocycles. The Morgan fingerprint density at radius 3 is 2.46 bits per heavy atom. The summed E-state index contributed by atoms with van der Waals surface area (Å²) in [6, 6.07) is 5.34. The molecule has 1 aromatic carbocycles. The van der Waals surface area contributed by atoms with E-state index in [0.29, 0.717) is 23.0 Å². The number of nitrogens with one attached hydrogen (secondary N) is 1. The van der Waals surface area contributed by atoms with Crippen LogP contribution >= 0.6 is 0 Å². The summed E-state index contributed by atoms with van der Waals surface area (Å²) in [7, 11) is 3.06. The molecule has 0 aliphatic heterocycles. The summed E-state index contributed by atoms with van der Waals surface area (Å²) in [5.74, 6) is 0.469. The molecule has 0 aromatic heterocycles. The lowest BCUT2D eigenvalue weighted by atomic mass is 10.1. The highest BCUT2D eigenvalue weighted by Gasteiger charge is 2.12. The Morgan fingerprint density at radius 2 is 1.88 bits per heavy atom. The average Bonchev–Trinajstić information content (AvgIpc) is 2.57. The Morgan fingerprint density at radius 1 is 1.17 bits per heavy atom. The van der Waals surface area contributed by atoms with Crippen LogP contribution in [0.4, 0.5) is 0 Å². The van der Waals surface area contributed by atoms with Crippen LogP contribution in [0.5, 0.6) is 11.5 Å². The lowest BCUT2D eigenvalue weighted by Gasteiger charge is -2.17. The van der Waals surface area contributed by atoms with Gasteiger partial charge in [-0.1, -0.05) is 26.0 Å². The second kappa shape index (κ2) is 9.60. The first kappa shape index (κ1) is 19.5. The molecule has 6 heteroatoms. The van der Waals surface area contributed by atoms with Crippen molar-refractivity contribution in [1.82, 2.24) is 5.32 Å². The second-order valence-electron chi connectivity index (χ2n) is 5.62. The zero-order valence-electron chi connectivity index (χ0n) is 14.8. The predicted molar refractivity (Wildman–Crippen MR) is 92.0 cm³/mol. The summed E-state index contributed by atoms with van der Waals surface area (Å²) in [6.07, 6.45) is 2.80. The van der Waals surface area contributed by atoms with Crippen LogP contribution in [-0.4, -0.2) is 38.7 Å². The number of hydrogen-bond donors (Lipinski definition) is 1. The molecule has 0 aliphatic carbocycles. The maximum Gasteiger partial charge on any atom is 0.331 e. The second-order valence-corrected chi connectivity index (χ2v) is 5.62. The number of amides is 1. The van der Waals surface area contributed by atoms with E-state index in [4.69, 9.17) is 14.2 Å². The molecule has 132 valence electrons. The van der Waals surface area contributed by atoms with Gasteiger partial charge in [-0.25, -0.2) is 4.79 Å². The van der Waals surface area contributed by atoms with E-state index in [0.717, 1.165) is 0 Å². The molecule has 1 rings (SSSR count). The molecule has 0 spiro atoms. The van der Waals surface area contributed by atoms with Crippen molar-refractivity contribution < 1.29 is 23.8 Å². The number of methoxy groups -OCH3 is 2. The van der Waals surface area contributed by atoms with Gasteiger partial charge in [0.15, 0.2) is 18.1 Å². The first-order valence-corrected chi connectivity index (χ1v) is 7.74. The van der Waals surface area contributed by atoms with Gasteiger partial charge >= 0.3 is 5.97 Å². The van der Waals surface area contributed by atoms with E-state index in [1.807, 2.05) is 20.8 Å². The largest absolute Gasteiger partial charge is 0.493 e. The maximum absolute atomic E-state index is 11.7. The third-order valence-electron chi connectivity index (χ3n) is 3.57. The zero-order valence-corrected chi connectivity index (χ0v) is 14.8. The van der Waals surface area contributed by atoms with Gasteiger partial charge < -0.3 is 19.5 Å². The Hall–Kier alpha value is -2.50. The molecule has 0 bridgehead atoms. The van der Waals surface area contributed by atoms with Crippen molar-refractivity contribution in [3.63, 3.8) is 0 Å². The Bertz CT molecular complexity index is 595. The van der Waals surface area contributed by atoms with Crippen molar-refractivity contribution in [2.75, 3.05) is 20.8 Å². The fraction of sp³-hybridized carbons (Fsp3) is 0.444. The summed E-state index contributed by atoms with van der Waals surface area (Å²) >= 11 is 0. The zero-order chi connectivity index (χ0) is 18.1. The van der Waals surface area contributed by atoms with Crippen LogP contribution < -0.4 is 14.8 Å². The molecular formula is C18H25NO5. The minimum absolute atomic E-state index is 0.0211. The summed E-state index contributed by atoms with van der Waals surface area (Å²) in [4.78, 5) is 23.4. The van der Waals surface area contributed by atoms with Crippen LogP contribution in [0.3, 0.4) is 0 Å². The topological polar surface area (TPSA) is 73.9 Å². The minimum Gasteiger partial charge on any atom is -0.493 e. The first-order chi connectivity index (χ1) is 11.4. The number of carbonyl (C=O) groups is 2. The fourth-order valence-corrected chi connectivity index (χ4v) is 1.85. The highest BCUT2D eigenvalue weighted by molar-refractivity contribution is 5.89. The van der Waals surface area contributed by atoms with Crippen molar-refractivity contribution >= 4 is 18.0 Å². The van der Waals surface area contributed by atoms with Gasteiger partial charge in [0.1, 0.15) is 0 Å². The molecule has 0 aliphatic rings. The van der Waals surface area contributed by atoms with E-state index < -0.39 is 5.97 Å². The van der Waals surface area contributed by atoms with Gasteiger partial charge in [-0.15, -0.1) is 0 Å². The van der Waals surface area contributed by atoms with Gasteiger partial charge in [0, 0.05) is 17.7 Å². The van der Waals surface area contributed by atoms with Gasteiger partial charge in [-0.2, -0.15) is 0 Å². The van der Waals surface area contributed by atoms with Gasteiger partial charge in [-0.05, 0) is 25.0 Å². The third kappa shape index (κ3) is 5.95. The third-order valence-corrected chi connectivity index (χ3v) is 3.57. The summed E-state index contributed by atoms with van der Waals surface area (Å²) in [5, 5.41) is 2.77. The average molecular weight is 335 g/mol. The van der Waals surface area contributed by atoms with Crippen molar-refractivity contribution in [3.05, 3.63) is 29.8 Å². The summed E-state index contributed by atoms with van der Waals surface area (Å²) in [6.45, 7) is 5.59. The van der Waals surface area contributed by atoms with E-state index in [1.54, 1.807) is 24.3 Å². The molecule has 0 radical (unpaired) electrons. The molecule has 24 heavy (non-hydrogen) atoms. The number of rotatable bonds is 8. The number of hydrogen-bond acceptors (Lipinski definition) is 5. The van der Waals surface area contributed by atoms with E-state index in [-0.39, 0.29) is 18.6 Å². The number of esters is 1. The standard InChI is InChI=1S/C18H25NO5/c1-12(2)13(3)19-16(20)11-24-17(21)10-9-14-7-6-8-15(22-4)18(14)23-5/h6-10,12-13H,11H2,1-5H3,(H,19,20)/b10-9+/t13-/m0/s1. The van der Waals surface area contributed by atoms with E-state index >= 15 is 0 Å². The number of para-hydroxylation sites is 1. The molecule has 0 unspecified atom stereocenters. The van der Waals surface area contributed by atoms with Gasteiger partial charge in [0.25, 0.3) is 5.91 Å². The Labute approximate surface area is 142 Å². The highest BCUT2D eigenvalue weighted by Crippen LogP contribution is 2.31. The normalized spacial score (nSPS) is 12.1. The van der Waals surface area contributed by atoms with E-state index in [9.17, 15) is 9.59 Å². The van der Waals surface area contributed by atoms with Gasteiger partial charge in [0.2, 0.25) is 0 Å². The summed E-state index contributed by atoms with van der Waals surface area (Å²) in [5.41, 5.74) is 0.673. The van der Waals surface area contributed by atoms with E-state index in [2.05, 4.69) is 5.32 Å². The molecule has 0 saturated carbocycles. The van der Waals surface area contributed by atoms with E-state index in [1.165, 1.54) is 20.3 Å². The van der Waals surface area contributed by atoms with Crippen LogP contribution in [0.1, 0.15) is 26.3 Å². The molecular weight excluding hydrogens is 310 g/mol. The lowest BCUT2D eigenvalue weighted by Crippen LogP contribution is -2.38. The first-order valence-electron chi connectivity index (χ1n) is 7.74. The number of ether oxygens (including phenoxy) is 3. The van der Waals surface area contributed by atoms with Gasteiger partial charge in [-0.3, -0.25) is 4.79 Å². The van der Waals surface area contributed by atoms with Gasteiger partial charge in [0.05, 0.1) is 14.2 Å². The van der Waals surface area contributed by atoms with Crippen molar-refractivity contribution in [2.24, 2.45) is 5.92 Å². The SMILES string of the molecule is COc1cccc(/C=C/C(=O)OCC(=O)N[C@@H](C)C(C)C)c1OC. The minimum atomic E-state index is -0.604.